The van der Waals surface area contributed by atoms with Crippen molar-refractivity contribution in [2.45, 2.75) is 46.1 Å². The summed E-state index contributed by atoms with van der Waals surface area (Å²) in [5.74, 6) is 2.04. The first kappa shape index (κ1) is 13.4. The Morgan fingerprint density at radius 1 is 1.47 bits per heavy atom. The van der Waals surface area contributed by atoms with E-state index in [1.54, 1.807) is 22.6 Å². The van der Waals surface area contributed by atoms with Crippen molar-refractivity contribution < 1.29 is 9.53 Å². The summed E-state index contributed by atoms with van der Waals surface area (Å²) < 4.78 is 5.84. The van der Waals surface area contributed by atoms with Gasteiger partial charge in [0.1, 0.15) is 6.61 Å². The predicted octanol–water partition coefficient (Wildman–Crippen LogP) is 3.43. The lowest BCUT2D eigenvalue weighted by Gasteiger charge is -2.36. The zero-order chi connectivity index (χ0) is 11.4. The second-order valence-electron chi connectivity index (χ2n) is 5.03. The van der Waals surface area contributed by atoms with Crippen molar-refractivity contribution in [2.24, 2.45) is 17.8 Å². The molecule has 0 radical (unpaired) electrons. The molecule has 3 atom stereocenters. The molecule has 88 valence electrons. The van der Waals surface area contributed by atoms with Gasteiger partial charge in [0.15, 0.2) is 0 Å². The molecule has 1 saturated carbocycles. The molecule has 0 bridgehead atoms. The minimum absolute atomic E-state index is 0.105. The van der Waals surface area contributed by atoms with Gasteiger partial charge in [-0.2, -0.15) is 0 Å². The van der Waals surface area contributed by atoms with Gasteiger partial charge in [-0.25, -0.2) is 0 Å². The maximum Gasteiger partial charge on any atom is 0.217 e. The zero-order valence-electron chi connectivity index (χ0n) is 9.83. The van der Waals surface area contributed by atoms with E-state index in [1.165, 1.54) is 12.8 Å². The Bertz CT molecular complexity index is 216. The van der Waals surface area contributed by atoms with Crippen LogP contribution in [-0.4, -0.2) is 16.5 Å². The molecule has 0 aromatic heterocycles. The molecule has 0 spiro atoms. The number of carbonyl (C=O) groups is 1. The van der Waals surface area contributed by atoms with Gasteiger partial charge < -0.3 is 4.74 Å². The van der Waals surface area contributed by atoms with Crippen molar-refractivity contribution in [1.29, 1.82) is 0 Å². The Morgan fingerprint density at radius 3 is 2.67 bits per heavy atom. The Balaban J connectivity index is 2.50. The molecule has 0 aromatic rings. The molecule has 0 aliphatic heterocycles. The van der Waals surface area contributed by atoms with Gasteiger partial charge in [-0.1, -0.05) is 27.2 Å². The summed E-state index contributed by atoms with van der Waals surface area (Å²) >= 11 is 1.80. The third-order valence-electron chi connectivity index (χ3n) is 3.37. The molecule has 1 aliphatic carbocycles. The molecule has 2 nitrogen and oxygen atoms in total. The number of hydrogen-bond donors (Lipinski definition) is 0. The van der Waals surface area contributed by atoms with E-state index in [0.29, 0.717) is 17.9 Å². The average Bonchev–Trinajstić information content (AvgIpc) is 2.14. The van der Waals surface area contributed by atoms with Gasteiger partial charge >= 0.3 is 0 Å². The summed E-state index contributed by atoms with van der Waals surface area (Å²) in [6.45, 7) is 7.06. The van der Waals surface area contributed by atoms with Crippen molar-refractivity contribution in [1.82, 2.24) is 0 Å². The predicted molar refractivity (Wildman–Crippen MR) is 70.1 cm³/mol. The largest absolute Gasteiger partial charge is 0.369 e. The van der Waals surface area contributed by atoms with E-state index in [9.17, 15) is 4.79 Å². The van der Waals surface area contributed by atoms with E-state index in [2.05, 4.69) is 20.8 Å². The van der Waals surface area contributed by atoms with Crippen LogP contribution >= 0.6 is 22.6 Å². The Morgan fingerprint density at radius 2 is 2.13 bits per heavy atom. The van der Waals surface area contributed by atoms with Crippen molar-refractivity contribution in [3.8, 4) is 0 Å². The van der Waals surface area contributed by atoms with Gasteiger partial charge in [0, 0.05) is 22.6 Å². The van der Waals surface area contributed by atoms with Crippen LogP contribution in [0.3, 0.4) is 0 Å². The van der Waals surface area contributed by atoms with Gasteiger partial charge in [0.2, 0.25) is 3.79 Å². The highest BCUT2D eigenvalue weighted by atomic mass is 127. The molecule has 0 saturated heterocycles. The zero-order valence-corrected chi connectivity index (χ0v) is 12.0. The number of halogens is 1. The summed E-state index contributed by atoms with van der Waals surface area (Å²) in [4.78, 5) is 10.9. The van der Waals surface area contributed by atoms with E-state index in [4.69, 9.17) is 4.74 Å². The number of rotatable bonds is 4. The third kappa shape index (κ3) is 4.39. The van der Waals surface area contributed by atoms with E-state index in [-0.39, 0.29) is 10.4 Å². The molecule has 1 fully saturated rings. The van der Waals surface area contributed by atoms with Crippen LogP contribution in [0, 0.1) is 17.8 Å². The molecule has 15 heavy (non-hydrogen) atoms. The minimum Gasteiger partial charge on any atom is -0.369 e. The molecule has 0 unspecified atom stereocenters. The van der Waals surface area contributed by atoms with E-state index >= 15 is 0 Å². The topological polar surface area (TPSA) is 26.3 Å². The molecule has 1 aliphatic rings. The minimum atomic E-state index is 0.105. The Kier molecular flexibility index (Phi) is 5.53. The number of hydrogen-bond acceptors (Lipinski definition) is 2. The molecule has 0 N–H and O–H groups in total. The molecule has 0 amide bonds. The molecule has 1 rings (SSSR count). The molecule has 0 aromatic carbocycles. The third-order valence-corrected chi connectivity index (χ3v) is 3.68. The summed E-state index contributed by atoms with van der Waals surface area (Å²) in [5, 5.41) is 0. The average molecular weight is 324 g/mol. The van der Waals surface area contributed by atoms with Crippen LogP contribution in [0.25, 0.3) is 0 Å². The first-order valence-electron chi connectivity index (χ1n) is 5.80. The first-order valence-corrected chi connectivity index (χ1v) is 6.88. The van der Waals surface area contributed by atoms with Crippen LogP contribution in [0.2, 0.25) is 0 Å². The second kappa shape index (κ2) is 6.18. The van der Waals surface area contributed by atoms with Crippen molar-refractivity contribution in [3.05, 3.63) is 0 Å². The molecular formula is C12H21IO2. The van der Waals surface area contributed by atoms with E-state index in [0.717, 1.165) is 12.3 Å². The Hall–Kier alpha value is 0.360. The van der Waals surface area contributed by atoms with Gasteiger partial charge in [0.05, 0.1) is 6.10 Å². The van der Waals surface area contributed by atoms with Crippen molar-refractivity contribution in [2.75, 3.05) is 6.61 Å². The van der Waals surface area contributed by atoms with Gasteiger partial charge in [0.25, 0.3) is 0 Å². The van der Waals surface area contributed by atoms with Crippen LogP contribution < -0.4 is 0 Å². The highest BCUT2D eigenvalue weighted by Crippen LogP contribution is 2.35. The number of ether oxygens (including phenoxy) is 1. The fourth-order valence-electron chi connectivity index (χ4n) is 2.48. The molecule has 0 heterocycles. The highest BCUT2D eigenvalue weighted by molar-refractivity contribution is 14.1. The van der Waals surface area contributed by atoms with Crippen LogP contribution in [0.5, 0.6) is 0 Å². The number of carbonyl (C=O) groups excluding carboxylic acids is 1. The summed E-state index contributed by atoms with van der Waals surface area (Å²) in [5.41, 5.74) is 0. The van der Waals surface area contributed by atoms with Gasteiger partial charge in [-0.3, -0.25) is 4.79 Å². The van der Waals surface area contributed by atoms with Crippen molar-refractivity contribution in [3.63, 3.8) is 0 Å². The standard InChI is InChI=1S/C12H21IO2/c1-8(2)10-5-4-9(3)6-11(10)15-7-12(13)14/h8-11H,4-7H2,1-3H3/t9-,10+,11+/m0/s1. The Labute approximate surface area is 106 Å². The summed E-state index contributed by atoms with van der Waals surface area (Å²) in [6, 6.07) is 0. The summed E-state index contributed by atoms with van der Waals surface area (Å²) in [6.07, 6.45) is 3.97. The van der Waals surface area contributed by atoms with Gasteiger partial charge in [-0.15, -0.1) is 0 Å². The molecular weight excluding hydrogens is 303 g/mol. The lowest BCUT2D eigenvalue weighted by atomic mass is 9.75. The quantitative estimate of drug-likeness (QED) is 0.585. The van der Waals surface area contributed by atoms with Crippen LogP contribution in [0.1, 0.15) is 40.0 Å². The second-order valence-corrected chi connectivity index (χ2v) is 6.23. The fraction of sp³-hybridized carbons (Fsp3) is 0.917. The van der Waals surface area contributed by atoms with Crippen LogP contribution in [-0.2, 0) is 9.53 Å². The first-order chi connectivity index (χ1) is 7.00. The summed E-state index contributed by atoms with van der Waals surface area (Å²) in [7, 11) is 0. The van der Waals surface area contributed by atoms with Crippen LogP contribution in [0.4, 0.5) is 0 Å². The maximum absolute atomic E-state index is 10.9. The lowest BCUT2D eigenvalue weighted by molar-refractivity contribution is -0.119. The molecule has 3 heteroatoms. The van der Waals surface area contributed by atoms with E-state index < -0.39 is 0 Å². The lowest BCUT2D eigenvalue weighted by Crippen LogP contribution is -2.35. The smallest absolute Gasteiger partial charge is 0.217 e. The van der Waals surface area contributed by atoms with E-state index in [1.807, 2.05) is 0 Å². The van der Waals surface area contributed by atoms with Crippen LogP contribution in [0.15, 0.2) is 0 Å². The monoisotopic (exact) mass is 324 g/mol. The SMILES string of the molecule is CC(C)[C@H]1CC[C@H](C)C[C@H]1OCC(=O)I. The highest BCUT2D eigenvalue weighted by Gasteiger charge is 2.31. The fourth-order valence-corrected chi connectivity index (χ4v) is 2.66. The van der Waals surface area contributed by atoms with Crippen molar-refractivity contribution >= 4 is 26.4 Å². The van der Waals surface area contributed by atoms with Gasteiger partial charge in [-0.05, 0) is 30.6 Å². The normalized spacial score (nSPS) is 31.9. The maximum atomic E-state index is 10.9.